The summed E-state index contributed by atoms with van der Waals surface area (Å²) in [5.41, 5.74) is 6.39. The summed E-state index contributed by atoms with van der Waals surface area (Å²) in [6.45, 7) is 2.58. The molecule has 0 saturated carbocycles. The van der Waals surface area contributed by atoms with Crippen LogP contribution in [0.5, 0.6) is 0 Å². The third kappa shape index (κ3) is 7.42. The number of carbonyl (C=O) groups is 1. The van der Waals surface area contributed by atoms with Gasteiger partial charge >= 0.3 is 0 Å². The number of methoxy groups -OCH3 is 1. The summed E-state index contributed by atoms with van der Waals surface area (Å²) in [5, 5.41) is 2.78. The zero-order valence-electron chi connectivity index (χ0n) is 12.2. The molecule has 1 aromatic heterocycles. The third-order valence-corrected chi connectivity index (χ3v) is 2.51. The van der Waals surface area contributed by atoms with E-state index in [4.69, 9.17) is 15.2 Å². The van der Waals surface area contributed by atoms with Crippen molar-refractivity contribution in [2.45, 2.75) is 6.42 Å². The van der Waals surface area contributed by atoms with Gasteiger partial charge in [-0.05, 0) is 18.6 Å². The van der Waals surface area contributed by atoms with Gasteiger partial charge in [-0.1, -0.05) is 11.8 Å². The van der Waals surface area contributed by atoms with E-state index in [1.165, 1.54) is 0 Å². The van der Waals surface area contributed by atoms with E-state index >= 15 is 0 Å². The molecule has 0 saturated heterocycles. The average Bonchev–Trinajstić information content (AvgIpc) is 2.52. The van der Waals surface area contributed by atoms with Crippen LogP contribution in [0.3, 0.4) is 0 Å². The highest BCUT2D eigenvalue weighted by molar-refractivity contribution is 5.92. The minimum absolute atomic E-state index is 0.203. The Bertz CT molecular complexity index is 477. The Morgan fingerprint density at radius 2 is 2.24 bits per heavy atom. The lowest BCUT2D eigenvalue weighted by Crippen LogP contribution is -2.26. The van der Waals surface area contributed by atoms with Crippen molar-refractivity contribution in [1.29, 1.82) is 0 Å². The molecule has 3 N–H and O–H groups in total. The fourth-order valence-corrected chi connectivity index (χ4v) is 1.47. The van der Waals surface area contributed by atoms with Crippen LogP contribution in [0.1, 0.15) is 22.5 Å². The van der Waals surface area contributed by atoms with Crippen molar-refractivity contribution < 1.29 is 14.3 Å². The molecule has 0 aliphatic carbocycles. The minimum Gasteiger partial charge on any atom is -0.382 e. The van der Waals surface area contributed by atoms with Crippen LogP contribution in [-0.2, 0) is 9.47 Å². The summed E-state index contributed by atoms with van der Waals surface area (Å²) in [6, 6.07) is 3.39. The van der Waals surface area contributed by atoms with Gasteiger partial charge in [-0.15, -0.1) is 0 Å². The van der Waals surface area contributed by atoms with Crippen molar-refractivity contribution in [3.63, 3.8) is 0 Å². The van der Waals surface area contributed by atoms with Crippen LogP contribution in [0.4, 0.5) is 0 Å². The molecule has 1 amide bonds. The molecular formula is C15H21N3O3. The van der Waals surface area contributed by atoms with Crippen molar-refractivity contribution in [2.24, 2.45) is 5.73 Å². The van der Waals surface area contributed by atoms with E-state index in [9.17, 15) is 4.79 Å². The number of nitrogens with zero attached hydrogens (tertiary/aromatic N) is 1. The Labute approximate surface area is 125 Å². The molecular weight excluding hydrogens is 270 g/mol. The Morgan fingerprint density at radius 1 is 1.38 bits per heavy atom. The van der Waals surface area contributed by atoms with Crippen molar-refractivity contribution in [3.05, 3.63) is 29.6 Å². The molecule has 1 aromatic rings. The van der Waals surface area contributed by atoms with Gasteiger partial charge in [-0.2, -0.15) is 0 Å². The number of aromatic nitrogens is 1. The van der Waals surface area contributed by atoms with E-state index in [0.717, 1.165) is 12.0 Å². The van der Waals surface area contributed by atoms with Gasteiger partial charge in [0.2, 0.25) is 0 Å². The topological polar surface area (TPSA) is 86.5 Å². The molecule has 1 rings (SSSR count). The number of carbonyl (C=O) groups excluding carboxylic acids is 1. The van der Waals surface area contributed by atoms with Gasteiger partial charge in [0.15, 0.2) is 0 Å². The maximum absolute atomic E-state index is 11.8. The summed E-state index contributed by atoms with van der Waals surface area (Å²) in [4.78, 5) is 15.9. The number of hydrogen-bond acceptors (Lipinski definition) is 5. The van der Waals surface area contributed by atoms with Crippen LogP contribution >= 0.6 is 0 Å². The third-order valence-electron chi connectivity index (χ3n) is 2.51. The Hall–Kier alpha value is -1.94. The second kappa shape index (κ2) is 10.8. The lowest BCUT2D eigenvalue weighted by molar-refractivity contribution is 0.0688. The fourth-order valence-electron chi connectivity index (χ4n) is 1.47. The van der Waals surface area contributed by atoms with Crippen molar-refractivity contribution in [1.82, 2.24) is 10.3 Å². The van der Waals surface area contributed by atoms with E-state index in [2.05, 4.69) is 22.1 Å². The number of nitrogens with one attached hydrogen (secondary N) is 1. The van der Waals surface area contributed by atoms with Gasteiger partial charge in [0, 0.05) is 32.0 Å². The second-order valence-electron chi connectivity index (χ2n) is 4.15. The largest absolute Gasteiger partial charge is 0.382 e. The van der Waals surface area contributed by atoms with Crippen LogP contribution in [-0.4, -0.2) is 50.9 Å². The zero-order chi connectivity index (χ0) is 15.3. The first-order valence-electron chi connectivity index (χ1n) is 6.77. The summed E-state index contributed by atoms with van der Waals surface area (Å²) in [5.74, 6) is 5.38. The molecule has 0 bridgehead atoms. The standard InChI is InChI=1S/C15H21N3O3/c1-20-10-11-21-9-3-8-17-15(19)14-6-5-13(12-18-14)4-2-7-16/h5-6,12H,3,7-11,16H2,1H3,(H,17,19). The number of nitrogens with two attached hydrogens (primary N) is 1. The second-order valence-corrected chi connectivity index (χ2v) is 4.15. The smallest absolute Gasteiger partial charge is 0.269 e. The maximum atomic E-state index is 11.8. The minimum atomic E-state index is -0.203. The van der Waals surface area contributed by atoms with Gasteiger partial charge < -0.3 is 20.5 Å². The zero-order valence-corrected chi connectivity index (χ0v) is 12.2. The lowest BCUT2D eigenvalue weighted by Gasteiger charge is -2.05. The number of rotatable bonds is 8. The Kier molecular flexibility index (Phi) is 8.80. The highest BCUT2D eigenvalue weighted by atomic mass is 16.5. The quantitative estimate of drug-likeness (QED) is 0.527. The molecule has 6 heteroatoms. The first-order chi connectivity index (χ1) is 10.3. The maximum Gasteiger partial charge on any atom is 0.269 e. The molecule has 6 nitrogen and oxygen atoms in total. The van der Waals surface area contributed by atoms with Gasteiger partial charge in [-0.3, -0.25) is 4.79 Å². The number of pyridine rings is 1. The monoisotopic (exact) mass is 291 g/mol. The molecule has 0 aliphatic heterocycles. The Morgan fingerprint density at radius 3 is 2.90 bits per heavy atom. The summed E-state index contributed by atoms with van der Waals surface area (Å²) >= 11 is 0. The van der Waals surface area contributed by atoms with Crippen LogP contribution in [0.2, 0.25) is 0 Å². The predicted molar refractivity (Wildman–Crippen MR) is 79.8 cm³/mol. The van der Waals surface area contributed by atoms with E-state index < -0.39 is 0 Å². The van der Waals surface area contributed by atoms with Gasteiger partial charge in [0.05, 0.1) is 19.8 Å². The molecule has 114 valence electrons. The highest BCUT2D eigenvalue weighted by Gasteiger charge is 2.05. The van der Waals surface area contributed by atoms with Crippen LogP contribution in [0.15, 0.2) is 18.3 Å². The van der Waals surface area contributed by atoms with Gasteiger partial charge in [-0.25, -0.2) is 4.98 Å². The van der Waals surface area contributed by atoms with Crippen molar-refractivity contribution in [2.75, 3.05) is 40.0 Å². The van der Waals surface area contributed by atoms with E-state index in [1.54, 1.807) is 25.4 Å². The molecule has 0 fully saturated rings. The molecule has 1 heterocycles. The SMILES string of the molecule is COCCOCCCNC(=O)c1ccc(C#CCN)cn1. The Balaban J connectivity index is 2.26. The van der Waals surface area contributed by atoms with E-state index in [0.29, 0.717) is 38.6 Å². The van der Waals surface area contributed by atoms with E-state index in [-0.39, 0.29) is 5.91 Å². The van der Waals surface area contributed by atoms with Crippen LogP contribution < -0.4 is 11.1 Å². The normalized spacial score (nSPS) is 9.81. The molecule has 0 unspecified atom stereocenters. The van der Waals surface area contributed by atoms with E-state index in [1.807, 2.05) is 0 Å². The molecule has 0 spiro atoms. The summed E-state index contributed by atoms with van der Waals surface area (Å²) in [6.07, 6.45) is 2.31. The number of ether oxygens (including phenoxy) is 2. The molecule has 0 atom stereocenters. The summed E-state index contributed by atoms with van der Waals surface area (Å²) in [7, 11) is 1.63. The average molecular weight is 291 g/mol. The van der Waals surface area contributed by atoms with Crippen LogP contribution in [0.25, 0.3) is 0 Å². The number of amides is 1. The van der Waals surface area contributed by atoms with Crippen molar-refractivity contribution >= 4 is 5.91 Å². The predicted octanol–water partition coefficient (Wildman–Crippen LogP) is 0.175. The van der Waals surface area contributed by atoms with Crippen LogP contribution in [0, 0.1) is 11.8 Å². The van der Waals surface area contributed by atoms with Gasteiger partial charge in [0.25, 0.3) is 5.91 Å². The van der Waals surface area contributed by atoms with Crippen molar-refractivity contribution in [3.8, 4) is 11.8 Å². The molecule has 0 radical (unpaired) electrons. The number of hydrogen-bond donors (Lipinski definition) is 2. The first-order valence-corrected chi connectivity index (χ1v) is 6.77. The first kappa shape index (κ1) is 17.1. The molecule has 0 aliphatic rings. The van der Waals surface area contributed by atoms with Gasteiger partial charge in [0.1, 0.15) is 5.69 Å². The highest BCUT2D eigenvalue weighted by Crippen LogP contribution is 1.99. The fraction of sp³-hybridized carbons (Fsp3) is 0.467. The molecule has 21 heavy (non-hydrogen) atoms. The molecule has 0 aromatic carbocycles. The lowest BCUT2D eigenvalue weighted by atomic mass is 10.2. The summed E-state index contributed by atoms with van der Waals surface area (Å²) < 4.78 is 10.2.